The third-order valence-electron chi connectivity index (χ3n) is 4.20. The van der Waals surface area contributed by atoms with Crippen molar-refractivity contribution in [3.63, 3.8) is 0 Å². The molecule has 0 aliphatic heterocycles. The van der Waals surface area contributed by atoms with Crippen LogP contribution in [0.15, 0.2) is 58.4 Å². The monoisotopic (exact) mass is 438 g/mol. The van der Waals surface area contributed by atoms with Crippen molar-refractivity contribution < 1.29 is 13.2 Å². The van der Waals surface area contributed by atoms with Gasteiger partial charge in [0.2, 0.25) is 10.0 Å². The molecule has 29 heavy (non-hydrogen) atoms. The molecule has 0 radical (unpaired) electrons. The summed E-state index contributed by atoms with van der Waals surface area (Å²) in [5, 5.41) is 3.96. The maximum absolute atomic E-state index is 12.4. The molecule has 158 valence electrons. The van der Waals surface area contributed by atoms with Gasteiger partial charge in [0.15, 0.2) is 5.96 Å². The minimum absolute atomic E-state index is 0.215. The summed E-state index contributed by atoms with van der Waals surface area (Å²) in [7, 11) is 1.57. The van der Waals surface area contributed by atoms with Crippen LogP contribution in [0.4, 0.5) is 0 Å². The lowest BCUT2D eigenvalue weighted by atomic mass is 10.2. The minimum atomic E-state index is -3.57. The molecule has 9 heteroatoms. The van der Waals surface area contributed by atoms with Crippen molar-refractivity contribution in [1.29, 1.82) is 0 Å². The molecule has 0 amide bonds. The van der Waals surface area contributed by atoms with Crippen LogP contribution in [-0.4, -0.2) is 53.6 Å². The molecule has 0 aromatic heterocycles. The smallest absolute Gasteiger partial charge is 0.240 e. The van der Waals surface area contributed by atoms with Gasteiger partial charge in [-0.1, -0.05) is 41.9 Å². The van der Waals surface area contributed by atoms with Gasteiger partial charge >= 0.3 is 0 Å². The molecule has 0 saturated heterocycles. The van der Waals surface area contributed by atoms with Gasteiger partial charge in [0.25, 0.3) is 0 Å². The Hall–Kier alpha value is -2.13. The van der Waals surface area contributed by atoms with Crippen molar-refractivity contribution in [2.24, 2.45) is 4.99 Å². The fraction of sp³-hybridized carbons (Fsp3) is 0.350. The van der Waals surface area contributed by atoms with E-state index in [1.165, 1.54) is 7.11 Å². The largest absolute Gasteiger partial charge is 0.383 e. The van der Waals surface area contributed by atoms with Crippen LogP contribution in [0.1, 0.15) is 11.1 Å². The Kier molecular flexibility index (Phi) is 8.91. The molecule has 0 atom stereocenters. The molecule has 2 aromatic carbocycles. The summed E-state index contributed by atoms with van der Waals surface area (Å²) in [4.78, 5) is 6.46. The number of aliphatic imine (C=N–C) groups is 1. The number of nitrogens with one attached hydrogen (secondary N) is 2. The van der Waals surface area contributed by atoms with Crippen molar-refractivity contribution in [2.45, 2.75) is 18.0 Å². The highest BCUT2D eigenvalue weighted by molar-refractivity contribution is 7.89. The van der Waals surface area contributed by atoms with E-state index in [1.54, 1.807) is 25.2 Å². The summed E-state index contributed by atoms with van der Waals surface area (Å²) in [5.74, 6) is 0.677. The number of methoxy groups -OCH3 is 1. The molecular weight excluding hydrogens is 412 g/mol. The van der Waals surface area contributed by atoms with Gasteiger partial charge < -0.3 is 15.0 Å². The van der Waals surface area contributed by atoms with Gasteiger partial charge in [0, 0.05) is 45.9 Å². The third kappa shape index (κ3) is 7.01. The number of guanidine groups is 1. The maximum Gasteiger partial charge on any atom is 0.240 e. The average molecular weight is 439 g/mol. The van der Waals surface area contributed by atoms with Crippen molar-refractivity contribution >= 4 is 27.6 Å². The van der Waals surface area contributed by atoms with Crippen LogP contribution < -0.4 is 10.0 Å². The van der Waals surface area contributed by atoms with Crippen LogP contribution in [-0.2, 0) is 27.8 Å². The van der Waals surface area contributed by atoms with Crippen molar-refractivity contribution in [3.8, 4) is 0 Å². The van der Waals surface area contributed by atoms with Crippen LogP contribution in [0, 0.1) is 0 Å². The minimum Gasteiger partial charge on any atom is -0.383 e. The van der Waals surface area contributed by atoms with Gasteiger partial charge in [-0.2, -0.15) is 0 Å². The molecule has 0 unspecified atom stereocenters. The summed E-state index contributed by atoms with van der Waals surface area (Å²) < 4.78 is 32.1. The van der Waals surface area contributed by atoms with Gasteiger partial charge in [0.1, 0.15) is 0 Å². The zero-order valence-electron chi connectivity index (χ0n) is 16.9. The predicted molar refractivity (Wildman–Crippen MR) is 117 cm³/mol. The second kappa shape index (κ2) is 11.2. The Bertz CT molecular complexity index is 935. The van der Waals surface area contributed by atoms with E-state index in [0.29, 0.717) is 30.7 Å². The van der Waals surface area contributed by atoms with E-state index in [4.69, 9.17) is 16.3 Å². The summed E-state index contributed by atoms with van der Waals surface area (Å²) >= 11 is 6.24. The molecule has 0 saturated carbocycles. The Balaban J connectivity index is 2.01. The quantitative estimate of drug-likeness (QED) is 0.357. The molecule has 0 aliphatic carbocycles. The number of hydrogen-bond acceptors (Lipinski definition) is 4. The first kappa shape index (κ1) is 23.2. The molecule has 7 nitrogen and oxygen atoms in total. The lowest BCUT2D eigenvalue weighted by Gasteiger charge is -2.22. The first-order chi connectivity index (χ1) is 13.9. The highest BCUT2D eigenvalue weighted by atomic mass is 35.5. The Morgan fingerprint density at radius 1 is 1.21 bits per heavy atom. The van der Waals surface area contributed by atoms with Crippen LogP contribution in [0.5, 0.6) is 0 Å². The van der Waals surface area contributed by atoms with Gasteiger partial charge in [-0.25, -0.2) is 13.1 Å². The SMILES string of the molecule is CN=C(NCc1cccc(S(=O)(=O)NCCOC)c1)N(C)Cc1ccccc1Cl. The Morgan fingerprint density at radius 2 is 1.97 bits per heavy atom. The molecule has 0 aliphatic rings. The normalized spacial score (nSPS) is 12.1. The summed E-state index contributed by atoms with van der Waals surface area (Å²) in [6, 6.07) is 14.5. The van der Waals surface area contributed by atoms with E-state index in [0.717, 1.165) is 11.1 Å². The molecule has 0 spiro atoms. The molecule has 0 fully saturated rings. The summed E-state index contributed by atoms with van der Waals surface area (Å²) in [5.41, 5.74) is 1.82. The fourth-order valence-electron chi connectivity index (χ4n) is 2.71. The Morgan fingerprint density at radius 3 is 2.66 bits per heavy atom. The average Bonchev–Trinajstić information content (AvgIpc) is 2.70. The van der Waals surface area contributed by atoms with E-state index in [9.17, 15) is 8.42 Å². The van der Waals surface area contributed by atoms with Crippen molar-refractivity contribution in [3.05, 3.63) is 64.7 Å². The molecule has 2 aromatic rings. The van der Waals surface area contributed by atoms with E-state index in [2.05, 4.69) is 15.0 Å². The lowest BCUT2D eigenvalue weighted by molar-refractivity contribution is 0.204. The second-order valence-electron chi connectivity index (χ2n) is 6.39. The number of halogens is 1. The van der Waals surface area contributed by atoms with E-state index in [-0.39, 0.29) is 11.4 Å². The molecule has 0 heterocycles. The number of ether oxygens (including phenoxy) is 1. The second-order valence-corrected chi connectivity index (χ2v) is 8.56. The van der Waals surface area contributed by atoms with Crippen LogP contribution in [0.2, 0.25) is 5.02 Å². The number of benzene rings is 2. The standard InChI is InChI=1S/C20H27ClN4O3S/c1-22-20(25(2)15-17-8-4-5-10-19(17)21)23-14-16-7-6-9-18(13-16)29(26,27)24-11-12-28-3/h4-10,13,24H,11-12,14-15H2,1-3H3,(H,22,23). The maximum atomic E-state index is 12.4. The number of sulfonamides is 1. The van der Waals surface area contributed by atoms with Gasteiger partial charge in [0.05, 0.1) is 11.5 Å². The number of nitrogens with zero attached hydrogens (tertiary/aromatic N) is 2. The summed E-state index contributed by atoms with van der Waals surface area (Å²) in [6.07, 6.45) is 0. The predicted octanol–water partition coefficient (Wildman–Crippen LogP) is 2.47. The lowest BCUT2D eigenvalue weighted by Crippen LogP contribution is -2.38. The summed E-state index contributed by atoms with van der Waals surface area (Å²) in [6.45, 7) is 1.56. The van der Waals surface area contributed by atoms with E-state index >= 15 is 0 Å². The number of hydrogen-bond donors (Lipinski definition) is 2. The molecule has 2 N–H and O–H groups in total. The topological polar surface area (TPSA) is 83.0 Å². The van der Waals surface area contributed by atoms with Gasteiger partial charge in [-0.15, -0.1) is 0 Å². The van der Waals surface area contributed by atoms with Gasteiger partial charge in [-0.05, 0) is 29.3 Å². The Labute approximate surface area is 177 Å². The molecular formula is C20H27ClN4O3S. The molecule has 2 rings (SSSR count). The first-order valence-electron chi connectivity index (χ1n) is 9.10. The van der Waals surface area contributed by atoms with E-state index < -0.39 is 10.0 Å². The van der Waals surface area contributed by atoms with Crippen LogP contribution in [0.25, 0.3) is 0 Å². The molecule has 0 bridgehead atoms. The first-order valence-corrected chi connectivity index (χ1v) is 11.0. The number of rotatable bonds is 9. The van der Waals surface area contributed by atoms with Crippen LogP contribution in [0.3, 0.4) is 0 Å². The zero-order valence-corrected chi connectivity index (χ0v) is 18.4. The highest BCUT2D eigenvalue weighted by Crippen LogP contribution is 2.16. The van der Waals surface area contributed by atoms with Crippen molar-refractivity contribution in [2.75, 3.05) is 34.4 Å². The van der Waals surface area contributed by atoms with Crippen LogP contribution >= 0.6 is 11.6 Å². The zero-order chi connectivity index (χ0) is 21.3. The highest BCUT2D eigenvalue weighted by Gasteiger charge is 2.14. The van der Waals surface area contributed by atoms with Crippen molar-refractivity contribution in [1.82, 2.24) is 14.9 Å². The fourth-order valence-corrected chi connectivity index (χ4v) is 3.99. The van der Waals surface area contributed by atoms with Gasteiger partial charge in [-0.3, -0.25) is 4.99 Å². The van der Waals surface area contributed by atoms with E-state index in [1.807, 2.05) is 42.3 Å². The third-order valence-corrected chi connectivity index (χ3v) is 6.02.